The van der Waals surface area contributed by atoms with E-state index in [9.17, 15) is 9.90 Å². The van der Waals surface area contributed by atoms with E-state index >= 15 is 0 Å². The second-order valence-corrected chi connectivity index (χ2v) is 7.06. The van der Waals surface area contributed by atoms with Crippen LogP contribution < -0.4 is 0 Å². The lowest BCUT2D eigenvalue weighted by molar-refractivity contribution is -0.129. The highest BCUT2D eigenvalue weighted by Gasteiger charge is 2.28. The maximum Gasteiger partial charge on any atom is 0.227 e. The number of rotatable bonds is 3. The van der Waals surface area contributed by atoms with Gasteiger partial charge in [-0.1, -0.05) is 0 Å². The summed E-state index contributed by atoms with van der Waals surface area (Å²) in [5, 5.41) is 9.50. The van der Waals surface area contributed by atoms with Crippen LogP contribution in [0.5, 0.6) is 0 Å². The van der Waals surface area contributed by atoms with E-state index in [1.165, 1.54) is 0 Å². The monoisotopic (exact) mass is 317 g/mol. The molecule has 1 fully saturated rings. The topological polar surface area (TPSA) is 40.5 Å². The molecule has 0 saturated carbocycles. The fourth-order valence-corrected chi connectivity index (χ4v) is 3.59. The predicted octanol–water partition coefficient (Wildman–Crippen LogP) is 2.28. The zero-order valence-corrected chi connectivity index (χ0v) is 12.1. The van der Waals surface area contributed by atoms with Crippen LogP contribution in [0.1, 0.15) is 18.2 Å². The second kappa shape index (κ2) is 5.50. The molecule has 1 N–H and O–H groups in total. The van der Waals surface area contributed by atoms with Gasteiger partial charge in [0, 0.05) is 23.9 Å². The fourth-order valence-electron chi connectivity index (χ4n) is 2.12. The van der Waals surface area contributed by atoms with Crippen LogP contribution in [0.25, 0.3) is 0 Å². The molecule has 5 heteroatoms. The van der Waals surface area contributed by atoms with E-state index in [1.54, 1.807) is 18.3 Å². The molecular formula is C12H16BrNO2S. The molecule has 1 aromatic heterocycles. The third-order valence-corrected chi connectivity index (χ3v) is 4.84. The van der Waals surface area contributed by atoms with Gasteiger partial charge in [0.25, 0.3) is 0 Å². The Morgan fingerprint density at radius 2 is 2.47 bits per heavy atom. The van der Waals surface area contributed by atoms with Gasteiger partial charge in [-0.3, -0.25) is 4.79 Å². The molecule has 17 heavy (non-hydrogen) atoms. The molecule has 1 amide bonds. The summed E-state index contributed by atoms with van der Waals surface area (Å²) in [6.45, 7) is 3.28. The smallest absolute Gasteiger partial charge is 0.227 e. The second-order valence-electron chi connectivity index (χ2n) is 4.51. The van der Waals surface area contributed by atoms with Gasteiger partial charge < -0.3 is 10.0 Å². The van der Waals surface area contributed by atoms with Gasteiger partial charge in [-0.25, -0.2) is 0 Å². The Kier molecular flexibility index (Phi) is 4.22. The van der Waals surface area contributed by atoms with Crippen molar-refractivity contribution in [3.63, 3.8) is 0 Å². The minimum atomic E-state index is -0.316. The molecule has 1 aromatic rings. The van der Waals surface area contributed by atoms with Crippen molar-refractivity contribution >= 4 is 33.2 Å². The first-order valence-corrected chi connectivity index (χ1v) is 7.37. The number of carbonyl (C=O) groups is 1. The van der Waals surface area contributed by atoms with Crippen LogP contribution in [0.4, 0.5) is 0 Å². The number of hydrogen-bond acceptors (Lipinski definition) is 3. The van der Waals surface area contributed by atoms with Gasteiger partial charge in [0.15, 0.2) is 0 Å². The van der Waals surface area contributed by atoms with Crippen molar-refractivity contribution in [2.24, 2.45) is 5.92 Å². The highest BCUT2D eigenvalue weighted by molar-refractivity contribution is 9.11. The van der Waals surface area contributed by atoms with Crippen molar-refractivity contribution in [1.29, 1.82) is 0 Å². The lowest BCUT2D eigenvalue weighted by Gasteiger charge is -2.17. The molecule has 2 rings (SSSR count). The van der Waals surface area contributed by atoms with Crippen LogP contribution in [0.2, 0.25) is 0 Å². The van der Waals surface area contributed by atoms with E-state index in [0.717, 1.165) is 21.6 Å². The Morgan fingerprint density at radius 3 is 3.00 bits per heavy atom. The normalized spacial score (nSPS) is 21.8. The van der Waals surface area contributed by atoms with E-state index < -0.39 is 0 Å². The molecule has 2 atom stereocenters. The van der Waals surface area contributed by atoms with Gasteiger partial charge in [0.05, 0.1) is 16.3 Å². The molecule has 0 bridgehead atoms. The van der Waals surface area contributed by atoms with Crippen LogP contribution in [0, 0.1) is 5.92 Å². The Hall–Kier alpha value is -0.390. The van der Waals surface area contributed by atoms with E-state index in [-0.39, 0.29) is 17.9 Å². The number of thiophene rings is 1. The van der Waals surface area contributed by atoms with Gasteiger partial charge in [-0.15, -0.1) is 11.3 Å². The molecule has 0 aromatic carbocycles. The molecule has 2 heterocycles. The minimum Gasteiger partial charge on any atom is -0.393 e. The summed E-state index contributed by atoms with van der Waals surface area (Å²) < 4.78 is 1.06. The van der Waals surface area contributed by atoms with Gasteiger partial charge >= 0.3 is 0 Å². The average molecular weight is 318 g/mol. The summed E-state index contributed by atoms with van der Waals surface area (Å²) in [6.07, 6.45) is 1.07. The molecule has 1 aliphatic heterocycles. The number of carbonyl (C=O) groups excluding carboxylic acids is 1. The van der Waals surface area contributed by atoms with E-state index in [4.69, 9.17) is 0 Å². The van der Waals surface area contributed by atoms with E-state index in [1.807, 2.05) is 17.0 Å². The number of hydrogen-bond donors (Lipinski definition) is 1. The fraction of sp³-hybridized carbons (Fsp3) is 0.583. The first kappa shape index (κ1) is 13.1. The average Bonchev–Trinajstić information content (AvgIpc) is 2.86. The quantitative estimate of drug-likeness (QED) is 0.929. The van der Waals surface area contributed by atoms with Crippen LogP contribution in [0.3, 0.4) is 0 Å². The highest BCUT2D eigenvalue weighted by Crippen LogP contribution is 2.24. The standard InChI is InChI=1S/C12H16BrNO2S/c1-8(15)9-4-5-14(7-9)12(16)6-10-2-3-11(13)17-10/h2-3,8-9,15H,4-7H2,1H3. The summed E-state index contributed by atoms with van der Waals surface area (Å²) in [4.78, 5) is 15.0. The molecule has 1 aliphatic rings. The number of aliphatic hydroxyl groups is 1. The van der Waals surface area contributed by atoms with Crippen molar-refractivity contribution in [1.82, 2.24) is 4.90 Å². The molecule has 3 nitrogen and oxygen atoms in total. The summed E-state index contributed by atoms with van der Waals surface area (Å²) in [7, 11) is 0. The lowest BCUT2D eigenvalue weighted by atomic mass is 10.0. The van der Waals surface area contributed by atoms with Crippen LogP contribution >= 0.6 is 27.3 Å². The van der Waals surface area contributed by atoms with Crippen molar-refractivity contribution in [2.45, 2.75) is 25.9 Å². The highest BCUT2D eigenvalue weighted by atomic mass is 79.9. The zero-order valence-electron chi connectivity index (χ0n) is 9.73. The molecule has 0 radical (unpaired) electrons. The summed E-state index contributed by atoms with van der Waals surface area (Å²) in [5.41, 5.74) is 0. The Bertz CT molecular complexity index is 405. The van der Waals surface area contributed by atoms with Gasteiger partial charge in [0.2, 0.25) is 5.91 Å². The Labute approximate surface area is 114 Å². The lowest BCUT2D eigenvalue weighted by Crippen LogP contribution is -2.31. The number of amides is 1. The minimum absolute atomic E-state index is 0.169. The summed E-state index contributed by atoms with van der Waals surface area (Å²) in [6, 6.07) is 3.95. The Morgan fingerprint density at radius 1 is 1.71 bits per heavy atom. The van der Waals surface area contributed by atoms with Crippen LogP contribution in [-0.2, 0) is 11.2 Å². The summed E-state index contributed by atoms with van der Waals surface area (Å²) >= 11 is 5.00. The van der Waals surface area contributed by atoms with Gasteiger partial charge in [0.1, 0.15) is 0 Å². The molecule has 1 saturated heterocycles. The third kappa shape index (κ3) is 3.30. The third-order valence-electron chi connectivity index (χ3n) is 3.21. The SMILES string of the molecule is CC(O)C1CCN(C(=O)Cc2ccc(Br)s2)C1. The van der Waals surface area contributed by atoms with Crippen molar-refractivity contribution < 1.29 is 9.90 Å². The van der Waals surface area contributed by atoms with Crippen LogP contribution in [-0.4, -0.2) is 35.1 Å². The molecule has 0 spiro atoms. The maximum atomic E-state index is 12.0. The molecule has 0 aliphatic carbocycles. The first-order valence-electron chi connectivity index (χ1n) is 5.76. The number of halogens is 1. The summed E-state index contributed by atoms with van der Waals surface area (Å²) in [5.74, 6) is 0.413. The Balaban J connectivity index is 1.89. The van der Waals surface area contributed by atoms with E-state index in [0.29, 0.717) is 13.0 Å². The van der Waals surface area contributed by atoms with Crippen molar-refractivity contribution in [2.75, 3.05) is 13.1 Å². The number of nitrogens with zero attached hydrogens (tertiary/aromatic N) is 1. The first-order chi connectivity index (χ1) is 8.06. The van der Waals surface area contributed by atoms with Crippen molar-refractivity contribution in [3.05, 3.63) is 20.8 Å². The zero-order chi connectivity index (χ0) is 12.4. The van der Waals surface area contributed by atoms with E-state index in [2.05, 4.69) is 15.9 Å². The molecule has 2 unspecified atom stereocenters. The van der Waals surface area contributed by atoms with Crippen molar-refractivity contribution in [3.8, 4) is 0 Å². The predicted molar refractivity (Wildman–Crippen MR) is 72.1 cm³/mol. The molecule has 94 valence electrons. The van der Waals surface area contributed by atoms with Crippen LogP contribution in [0.15, 0.2) is 15.9 Å². The van der Waals surface area contributed by atoms with Gasteiger partial charge in [-0.2, -0.15) is 0 Å². The maximum absolute atomic E-state index is 12.0. The van der Waals surface area contributed by atoms with Gasteiger partial charge in [-0.05, 0) is 41.4 Å². The largest absolute Gasteiger partial charge is 0.393 e. The number of aliphatic hydroxyl groups excluding tert-OH is 1. The number of likely N-dealkylation sites (tertiary alicyclic amines) is 1. The molecular weight excluding hydrogens is 302 g/mol.